The van der Waals surface area contributed by atoms with E-state index in [0.29, 0.717) is 11.8 Å². The number of rotatable bonds is 5. The van der Waals surface area contributed by atoms with Gasteiger partial charge in [0.05, 0.1) is 10.5 Å². The van der Waals surface area contributed by atoms with Crippen LogP contribution in [-0.2, 0) is 19.4 Å². The zero-order chi connectivity index (χ0) is 19.5. The Kier molecular flexibility index (Phi) is 6.44. The molecule has 0 aliphatic heterocycles. The third-order valence-electron chi connectivity index (χ3n) is 5.19. The van der Waals surface area contributed by atoms with Crippen LogP contribution in [0.1, 0.15) is 50.4 Å². The van der Waals surface area contributed by atoms with Crippen LogP contribution >= 0.6 is 0 Å². The molecule has 26 heavy (non-hydrogen) atoms. The maximum Gasteiger partial charge on any atom is 0.340 e. The summed E-state index contributed by atoms with van der Waals surface area (Å²) < 4.78 is 28.9. The Balaban J connectivity index is 2.04. The molecule has 4 atom stereocenters. The summed E-state index contributed by atoms with van der Waals surface area (Å²) in [5, 5.41) is 2.97. The van der Waals surface area contributed by atoms with Crippen molar-refractivity contribution in [3.05, 3.63) is 29.8 Å². The van der Waals surface area contributed by atoms with Crippen molar-refractivity contribution in [1.82, 2.24) is 5.32 Å². The van der Waals surface area contributed by atoms with Crippen LogP contribution in [0.15, 0.2) is 29.2 Å². The van der Waals surface area contributed by atoms with Crippen LogP contribution in [0.4, 0.5) is 0 Å². The van der Waals surface area contributed by atoms with Crippen LogP contribution in [0.2, 0.25) is 0 Å². The van der Waals surface area contributed by atoms with Gasteiger partial charge in [0.25, 0.3) is 5.91 Å². The molecule has 1 saturated carbocycles. The lowest BCUT2D eigenvalue weighted by Gasteiger charge is -2.35. The van der Waals surface area contributed by atoms with E-state index >= 15 is 0 Å². The van der Waals surface area contributed by atoms with Crippen LogP contribution in [0, 0.1) is 11.8 Å². The largest absolute Gasteiger partial charge is 0.449 e. The summed E-state index contributed by atoms with van der Waals surface area (Å²) in [4.78, 5) is 24.7. The van der Waals surface area contributed by atoms with Crippen molar-refractivity contribution in [3.8, 4) is 0 Å². The summed E-state index contributed by atoms with van der Waals surface area (Å²) in [5.41, 5.74) is -0.0608. The molecule has 0 radical (unpaired) electrons. The lowest BCUT2D eigenvalue weighted by Crippen LogP contribution is -2.47. The standard InChI is InChI=1S/C19H27NO5S/c1-12-8-7-10-16(13(12)2)20-18(21)14(3)25-19(22)15-9-5-6-11-17(15)26(4,23)24/h5-6,9,11-14,16H,7-8,10H2,1-4H3,(H,20,21)/t12-,13-,14-,16+/m1/s1. The number of carbonyl (C=O) groups excluding carboxylic acids is 2. The van der Waals surface area contributed by atoms with Crippen LogP contribution < -0.4 is 5.32 Å². The van der Waals surface area contributed by atoms with Crippen molar-refractivity contribution in [1.29, 1.82) is 0 Å². The first-order valence-corrected chi connectivity index (χ1v) is 10.8. The van der Waals surface area contributed by atoms with Gasteiger partial charge in [-0.05, 0) is 37.3 Å². The van der Waals surface area contributed by atoms with E-state index in [1.165, 1.54) is 25.1 Å². The Morgan fingerprint density at radius 2 is 1.85 bits per heavy atom. The Labute approximate surface area is 155 Å². The Morgan fingerprint density at radius 1 is 1.19 bits per heavy atom. The van der Waals surface area contributed by atoms with Gasteiger partial charge in [0.15, 0.2) is 15.9 Å². The monoisotopic (exact) mass is 381 g/mol. The molecule has 1 aliphatic carbocycles. The molecule has 7 heteroatoms. The van der Waals surface area contributed by atoms with E-state index in [1.807, 2.05) is 0 Å². The molecular weight excluding hydrogens is 354 g/mol. The number of esters is 1. The normalized spacial score (nSPS) is 24.5. The summed E-state index contributed by atoms with van der Waals surface area (Å²) in [7, 11) is -3.57. The van der Waals surface area contributed by atoms with E-state index in [4.69, 9.17) is 4.74 Å². The smallest absolute Gasteiger partial charge is 0.340 e. The molecule has 1 aromatic carbocycles. The van der Waals surface area contributed by atoms with E-state index in [-0.39, 0.29) is 22.4 Å². The fourth-order valence-corrected chi connectivity index (χ4v) is 4.20. The van der Waals surface area contributed by atoms with Crippen LogP contribution in [-0.4, -0.2) is 38.7 Å². The average molecular weight is 381 g/mol. The van der Waals surface area contributed by atoms with Gasteiger partial charge in [-0.1, -0.05) is 38.8 Å². The molecule has 1 N–H and O–H groups in total. The van der Waals surface area contributed by atoms with Gasteiger partial charge in [-0.25, -0.2) is 13.2 Å². The van der Waals surface area contributed by atoms with Gasteiger partial charge in [-0.2, -0.15) is 0 Å². The highest BCUT2D eigenvalue weighted by Gasteiger charge is 2.30. The summed E-state index contributed by atoms with van der Waals surface area (Å²) >= 11 is 0. The van der Waals surface area contributed by atoms with E-state index < -0.39 is 21.9 Å². The minimum atomic E-state index is -3.57. The molecule has 0 bridgehead atoms. The number of sulfone groups is 1. The van der Waals surface area contributed by atoms with Crippen molar-refractivity contribution in [2.75, 3.05) is 6.26 Å². The highest BCUT2D eigenvalue weighted by molar-refractivity contribution is 7.90. The van der Waals surface area contributed by atoms with Gasteiger partial charge in [-0.15, -0.1) is 0 Å². The molecule has 6 nitrogen and oxygen atoms in total. The highest BCUT2D eigenvalue weighted by Crippen LogP contribution is 2.29. The third kappa shape index (κ3) is 4.84. The summed E-state index contributed by atoms with van der Waals surface area (Å²) in [5.74, 6) is -0.282. The molecule has 0 spiro atoms. The first kappa shape index (κ1) is 20.4. The first-order chi connectivity index (χ1) is 12.1. The number of benzene rings is 1. The number of amides is 1. The van der Waals surface area contributed by atoms with Crippen LogP contribution in [0.3, 0.4) is 0 Å². The first-order valence-electron chi connectivity index (χ1n) is 8.91. The van der Waals surface area contributed by atoms with Crippen LogP contribution in [0.5, 0.6) is 0 Å². The number of hydrogen-bond acceptors (Lipinski definition) is 5. The summed E-state index contributed by atoms with van der Waals surface area (Å²) in [6, 6.07) is 5.89. The summed E-state index contributed by atoms with van der Waals surface area (Å²) in [6.45, 7) is 5.79. The Bertz CT molecular complexity index is 774. The van der Waals surface area contributed by atoms with Crippen molar-refractivity contribution in [2.45, 2.75) is 57.1 Å². The molecule has 2 rings (SSSR count). The van der Waals surface area contributed by atoms with E-state index in [0.717, 1.165) is 25.5 Å². The maximum atomic E-state index is 12.4. The summed E-state index contributed by atoms with van der Waals surface area (Å²) in [6.07, 6.45) is 3.15. The maximum absolute atomic E-state index is 12.4. The molecule has 1 amide bonds. The average Bonchev–Trinajstić information content (AvgIpc) is 2.58. The number of ether oxygens (including phenoxy) is 1. The number of hydrogen-bond donors (Lipinski definition) is 1. The molecule has 0 unspecified atom stereocenters. The van der Waals surface area contributed by atoms with Gasteiger partial charge >= 0.3 is 5.97 Å². The molecule has 0 saturated heterocycles. The number of carbonyl (C=O) groups is 2. The number of nitrogens with one attached hydrogen (secondary N) is 1. The van der Waals surface area contributed by atoms with E-state index in [2.05, 4.69) is 19.2 Å². The zero-order valence-corrected chi connectivity index (χ0v) is 16.5. The predicted octanol–water partition coefficient (Wildman–Crippen LogP) is 2.58. The van der Waals surface area contributed by atoms with Gasteiger partial charge in [0.2, 0.25) is 0 Å². The highest BCUT2D eigenvalue weighted by atomic mass is 32.2. The molecule has 0 heterocycles. The van der Waals surface area contributed by atoms with Crippen molar-refractivity contribution >= 4 is 21.7 Å². The molecule has 144 valence electrons. The fraction of sp³-hybridized carbons (Fsp3) is 0.579. The predicted molar refractivity (Wildman–Crippen MR) is 98.5 cm³/mol. The quantitative estimate of drug-likeness (QED) is 0.792. The van der Waals surface area contributed by atoms with Crippen molar-refractivity contribution in [2.24, 2.45) is 11.8 Å². The molecule has 1 aliphatic rings. The van der Waals surface area contributed by atoms with Crippen molar-refractivity contribution < 1.29 is 22.7 Å². The van der Waals surface area contributed by atoms with E-state index in [1.54, 1.807) is 6.07 Å². The third-order valence-corrected chi connectivity index (χ3v) is 6.35. The molecule has 1 fully saturated rings. The van der Waals surface area contributed by atoms with E-state index in [9.17, 15) is 18.0 Å². The topological polar surface area (TPSA) is 89.5 Å². The van der Waals surface area contributed by atoms with Crippen LogP contribution in [0.25, 0.3) is 0 Å². The second-order valence-corrected chi connectivity index (χ2v) is 9.18. The zero-order valence-electron chi connectivity index (χ0n) is 15.7. The van der Waals surface area contributed by atoms with Crippen molar-refractivity contribution in [3.63, 3.8) is 0 Å². The molecule has 0 aromatic heterocycles. The fourth-order valence-electron chi connectivity index (χ4n) is 3.32. The second kappa shape index (κ2) is 8.20. The second-order valence-electron chi connectivity index (χ2n) is 7.20. The van der Waals surface area contributed by atoms with Gasteiger partial charge in [0.1, 0.15) is 0 Å². The minimum absolute atomic E-state index is 0.0608. The van der Waals surface area contributed by atoms with Gasteiger partial charge in [-0.3, -0.25) is 4.79 Å². The Morgan fingerprint density at radius 3 is 2.50 bits per heavy atom. The minimum Gasteiger partial charge on any atom is -0.449 e. The Hall–Kier alpha value is -1.89. The molecular formula is C19H27NO5S. The van der Waals surface area contributed by atoms with Gasteiger partial charge in [0, 0.05) is 12.3 Å². The molecule has 1 aromatic rings. The van der Waals surface area contributed by atoms with Gasteiger partial charge < -0.3 is 10.1 Å². The lowest BCUT2D eigenvalue weighted by molar-refractivity contribution is -0.130. The lowest BCUT2D eigenvalue weighted by atomic mass is 9.78. The SMILES string of the molecule is C[C@@H]1[C@H](C)CCC[C@@H]1NC(=O)[C@@H](C)OC(=O)c1ccccc1S(C)(=O)=O.